The van der Waals surface area contributed by atoms with Crippen molar-refractivity contribution >= 4 is 17.3 Å². The smallest absolute Gasteiger partial charge is 0.275 e. The maximum Gasteiger partial charge on any atom is 0.275 e. The predicted octanol–water partition coefficient (Wildman–Crippen LogP) is 1.55. The average Bonchev–Trinajstić information content (AvgIpc) is 2.64. The van der Waals surface area contributed by atoms with Gasteiger partial charge in [-0.15, -0.1) is 0 Å². The number of nitrogens with zero attached hydrogens (tertiary/aromatic N) is 1. The van der Waals surface area contributed by atoms with Gasteiger partial charge in [-0.1, -0.05) is 12.1 Å². The second-order valence-corrected chi connectivity index (χ2v) is 3.52. The first-order valence-corrected chi connectivity index (χ1v) is 4.83. The van der Waals surface area contributed by atoms with Crippen molar-refractivity contribution in [1.29, 1.82) is 0 Å². The van der Waals surface area contributed by atoms with Gasteiger partial charge < -0.3 is 11.1 Å². The fraction of sp³-hybridized carbons (Fsp3) is 0.0909. The molecule has 2 aromatic rings. The number of nitrogens with two attached hydrogens (primary N) is 1. The number of amides is 1. The Balaban J connectivity index is 2.17. The van der Waals surface area contributed by atoms with E-state index < -0.39 is 0 Å². The van der Waals surface area contributed by atoms with Gasteiger partial charge in [0.2, 0.25) is 0 Å². The molecule has 0 saturated heterocycles. The van der Waals surface area contributed by atoms with E-state index in [0.29, 0.717) is 5.69 Å². The number of aryl methyl sites for hydroxylation is 1. The molecule has 0 aliphatic carbocycles. The zero-order valence-electron chi connectivity index (χ0n) is 8.82. The molecule has 0 bridgehead atoms. The van der Waals surface area contributed by atoms with Crippen LogP contribution in [-0.4, -0.2) is 16.1 Å². The molecule has 0 radical (unpaired) electrons. The lowest BCUT2D eigenvalue weighted by Gasteiger charge is -2.04. The highest BCUT2D eigenvalue weighted by Gasteiger charge is 2.11. The van der Waals surface area contributed by atoms with E-state index in [1.807, 2.05) is 31.2 Å². The summed E-state index contributed by atoms with van der Waals surface area (Å²) < 4.78 is 0. The predicted molar refractivity (Wildman–Crippen MR) is 62.1 cm³/mol. The van der Waals surface area contributed by atoms with Crippen molar-refractivity contribution in [3.8, 4) is 0 Å². The minimum atomic E-state index is -0.291. The molecule has 16 heavy (non-hydrogen) atoms. The molecule has 4 N–H and O–H groups in total. The Bertz CT molecular complexity index is 518. The lowest BCUT2D eigenvalue weighted by molar-refractivity contribution is 0.102. The highest BCUT2D eigenvalue weighted by molar-refractivity contribution is 6.06. The number of benzene rings is 1. The van der Waals surface area contributed by atoms with Gasteiger partial charge in [0.25, 0.3) is 5.91 Å². The van der Waals surface area contributed by atoms with Crippen LogP contribution in [0.2, 0.25) is 0 Å². The van der Waals surface area contributed by atoms with Crippen molar-refractivity contribution in [3.63, 3.8) is 0 Å². The third-order valence-corrected chi connectivity index (χ3v) is 2.17. The maximum atomic E-state index is 11.7. The second-order valence-electron chi connectivity index (χ2n) is 3.52. The van der Waals surface area contributed by atoms with Gasteiger partial charge in [0.1, 0.15) is 5.69 Å². The molecule has 0 spiro atoms. The summed E-state index contributed by atoms with van der Waals surface area (Å²) in [4.78, 5) is 11.7. The number of carbonyl (C=O) groups is 1. The summed E-state index contributed by atoms with van der Waals surface area (Å²) in [6.07, 6.45) is 1.41. The second kappa shape index (κ2) is 4.06. The molecule has 82 valence electrons. The topological polar surface area (TPSA) is 83.8 Å². The van der Waals surface area contributed by atoms with Crippen molar-refractivity contribution in [2.24, 2.45) is 0 Å². The van der Waals surface area contributed by atoms with E-state index in [9.17, 15) is 4.79 Å². The fourth-order valence-corrected chi connectivity index (χ4v) is 1.39. The Hall–Kier alpha value is -2.30. The van der Waals surface area contributed by atoms with Gasteiger partial charge in [-0.3, -0.25) is 9.89 Å². The number of hydrogen-bond donors (Lipinski definition) is 3. The molecule has 0 atom stereocenters. The van der Waals surface area contributed by atoms with Crippen LogP contribution in [0.5, 0.6) is 0 Å². The Kier molecular flexibility index (Phi) is 2.59. The Morgan fingerprint density at radius 2 is 2.31 bits per heavy atom. The van der Waals surface area contributed by atoms with Crippen LogP contribution >= 0.6 is 0 Å². The lowest BCUT2D eigenvalue weighted by atomic mass is 10.2. The Morgan fingerprint density at radius 3 is 2.94 bits per heavy atom. The molecule has 1 heterocycles. The summed E-state index contributed by atoms with van der Waals surface area (Å²) in [7, 11) is 0. The molecule has 1 aromatic heterocycles. The molecular formula is C11H12N4O. The monoisotopic (exact) mass is 216 g/mol. The van der Waals surface area contributed by atoms with Gasteiger partial charge in [-0.25, -0.2) is 0 Å². The standard InChI is InChI=1S/C11H12N4O/c1-7-3-2-4-8(5-7)14-11(16)10-9(12)6-13-15-10/h2-6H,12H2,1H3,(H,13,15)(H,14,16). The quantitative estimate of drug-likeness (QED) is 0.712. The highest BCUT2D eigenvalue weighted by Crippen LogP contribution is 2.13. The summed E-state index contributed by atoms with van der Waals surface area (Å²) >= 11 is 0. The molecule has 5 nitrogen and oxygen atoms in total. The first-order valence-electron chi connectivity index (χ1n) is 4.83. The molecule has 0 aliphatic rings. The Morgan fingerprint density at radius 1 is 1.50 bits per heavy atom. The number of aromatic amines is 1. The van der Waals surface area contributed by atoms with E-state index in [-0.39, 0.29) is 11.6 Å². The molecule has 1 aromatic carbocycles. The summed E-state index contributed by atoms with van der Waals surface area (Å²) in [6, 6.07) is 7.53. The maximum absolute atomic E-state index is 11.7. The van der Waals surface area contributed by atoms with Gasteiger partial charge in [-0.05, 0) is 24.6 Å². The number of H-pyrrole nitrogens is 1. The first-order chi connectivity index (χ1) is 7.66. The normalized spacial score (nSPS) is 10.1. The molecular weight excluding hydrogens is 204 g/mol. The van der Waals surface area contributed by atoms with E-state index >= 15 is 0 Å². The zero-order chi connectivity index (χ0) is 11.5. The molecule has 0 unspecified atom stereocenters. The third-order valence-electron chi connectivity index (χ3n) is 2.17. The zero-order valence-corrected chi connectivity index (χ0v) is 8.82. The van der Waals surface area contributed by atoms with Crippen LogP contribution < -0.4 is 11.1 Å². The first kappa shape index (κ1) is 10.2. The number of rotatable bonds is 2. The number of aromatic nitrogens is 2. The minimum absolute atomic E-state index is 0.279. The van der Waals surface area contributed by atoms with Gasteiger partial charge >= 0.3 is 0 Å². The van der Waals surface area contributed by atoms with Gasteiger partial charge in [0.05, 0.1) is 11.9 Å². The lowest BCUT2D eigenvalue weighted by Crippen LogP contribution is -2.14. The number of carbonyl (C=O) groups excluding carboxylic acids is 1. The third kappa shape index (κ3) is 2.03. The van der Waals surface area contributed by atoms with Crippen LogP contribution in [0.25, 0.3) is 0 Å². The van der Waals surface area contributed by atoms with Crippen LogP contribution in [0.1, 0.15) is 16.1 Å². The van der Waals surface area contributed by atoms with Crippen molar-refractivity contribution < 1.29 is 4.79 Å². The number of nitrogens with one attached hydrogen (secondary N) is 2. The fourth-order valence-electron chi connectivity index (χ4n) is 1.39. The van der Waals surface area contributed by atoms with Crippen molar-refractivity contribution in [1.82, 2.24) is 10.2 Å². The Labute approximate surface area is 92.7 Å². The van der Waals surface area contributed by atoms with E-state index in [4.69, 9.17) is 5.73 Å². The van der Waals surface area contributed by atoms with Crippen LogP contribution in [-0.2, 0) is 0 Å². The van der Waals surface area contributed by atoms with Crippen molar-refractivity contribution in [3.05, 3.63) is 41.7 Å². The average molecular weight is 216 g/mol. The number of nitrogen functional groups attached to an aromatic ring is 1. The van der Waals surface area contributed by atoms with Crippen LogP contribution in [0.3, 0.4) is 0 Å². The number of anilines is 2. The molecule has 1 amide bonds. The van der Waals surface area contributed by atoms with Crippen molar-refractivity contribution in [2.45, 2.75) is 6.92 Å². The van der Waals surface area contributed by atoms with E-state index in [0.717, 1.165) is 11.3 Å². The molecule has 0 aliphatic heterocycles. The molecule has 2 rings (SSSR count). The minimum Gasteiger partial charge on any atom is -0.396 e. The van der Waals surface area contributed by atoms with Crippen molar-refractivity contribution in [2.75, 3.05) is 11.1 Å². The summed E-state index contributed by atoms with van der Waals surface area (Å²) in [6.45, 7) is 1.96. The van der Waals surface area contributed by atoms with Crippen LogP contribution in [0, 0.1) is 6.92 Å². The van der Waals surface area contributed by atoms with Crippen LogP contribution in [0.15, 0.2) is 30.5 Å². The number of hydrogen-bond acceptors (Lipinski definition) is 3. The van der Waals surface area contributed by atoms with E-state index in [1.165, 1.54) is 6.20 Å². The highest BCUT2D eigenvalue weighted by atomic mass is 16.1. The SMILES string of the molecule is Cc1cccc(NC(=O)c2[nH]ncc2N)c1. The van der Waals surface area contributed by atoms with Crippen LogP contribution in [0.4, 0.5) is 11.4 Å². The molecule has 0 saturated carbocycles. The summed E-state index contributed by atoms with van der Waals surface area (Å²) in [5.74, 6) is -0.291. The van der Waals surface area contributed by atoms with E-state index in [2.05, 4.69) is 15.5 Å². The largest absolute Gasteiger partial charge is 0.396 e. The van der Waals surface area contributed by atoms with E-state index in [1.54, 1.807) is 0 Å². The molecule has 0 fully saturated rings. The molecule has 5 heteroatoms. The van der Waals surface area contributed by atoms with Gasteiger partial charge in [0, 0.05) is 5.69 Å². The summed E-state index contributed by atoms with van der Waals surface area (Å²) in [5.41, 5.74) is 8.00. The summed E-state index contributed by atoms with van der Waals surface area (Å²) in [5, 5.41) is 8.98. The van der Waals surface area contributed by atoms with Gasteiger partial charge in [0.15, 0.2) is 0 Å². The van der Waals surface area contributed by atoms with Gasteiger partial charge in [-0.2, -0.15) is 5.10 Å².